The highest BCUT2D eigenvalue weighted by atomic mass is 35.5. The highest BCUT2D eigenvalue weighted by molar-refractivity contribution is 6.30. The first-order valence-corrected chi connectivity index (χ1v) is 6.93. The maximum absolute atomic E-state index is 12.3. The Labute approximate surface area is 131 Å². The molecule has 1 heterocycles. The fraction of sp³-hybridized carbons (Fsp3) is 0.0588. The first-order valence-electron chi connectivity index (χ1n) is 6.55. The number of rotatable bonds is 2. The van der Waals surface area contributed by atoms with Gasteiger partial charge in [0.15, 0.2) is 5.76 Å². The van der Waals surface area contributed by atoms with E-state index in [2.05, 4.69) is 0 Å². The van der Waals surface area contributed by atoms with Crippen molar-refractivity contribution in [2.45, 2.75) is 6.92 Å². The molecule has 0 saturated heterocycles. The second-order valence-corrected chi connectivity index (χ2v) is 5.18. The van der Waals surface area contributed by atoms with Gasteiger partial charge in [-0.1, -0.05) is 23.7 Å². The van der Waals surface area contributed by atoms with Crippen LogP contribution in [0.5, 0.6) is 11.5 Å². The average Bonchev–Trinajstić information content (AvgIpc) is 2.77. The van der Waals surface area contributed by atoms with E-state index in [1.807, 2.05) is 0 Å². The van der Waals surface area contributed by atoms with Crippen molar-refractivity contribution in [1.29, 1.82) is 0 Å². The van der Waals surface area contributed by atoms with Crippen LogP contribution in [0.3, 0.4) is 0 Å². The standard InChI is InChI=1S/C17H11ClO4/c1-10(19)21-13-6-7-14-15(9-13)22-16(17(14)20)8-11-2-4-12(18)5-3-11/h2-9H,1H3. The van der Waals surface area contributed by atoms with Gasteiger partial charge in [0.2, 0.25) is 5.78 Å². The number of halogens is 1. The molecule has 1 aliphatic heterocycles. The smallest absolute Gasteiger partial charge is 0.308 e. The van der Waals surface area contributed by atoms with Gasteiger partial charge in [-0.15, -0.1) is 0 Å². The summed E-state index contributed by atoms with van der Waals surface area (Å²) in [6, 6.07) is 11.7. The summed E-state index contributed by atoms with van der Waals surface area (Å²) in [4.78, 5) is 23.2. The zero-order valence-electron chi connectivity index (χ0n) is 11.6. The molecule has 0 radical (unpaired) electrons. The summed E-state index contributed by atoms with van der Waals surface area (Å²) < 4.78 is 10.5. The molecule has 0 aliphatic carbocycles. The summed E-state index contributed by atoms with van der Waals surface area (Å²) >= 11 is 5.83. The highest BCUT2D eigenvalue weighted by Gasteiger charge is 2.27. The molecule has 4 nitrogen and oxygen atoms in total. The van der Waals surface area contributed by atoms with Gasteiger partial charge in [0.25, 0.3) is 0 Å². The third-order valence-electron chi connectivity index (χ3n) is 3.07. The van der Waals surface area contributed by atoms with E-state index in [-0.39, 0.29) is 11.5 Å². The molecule has 5 heteroatoms. The topological polar surface area (TPSA) is 52.6 Å². The van der Waals surface area contributed by atoms with E-state index in [0.717, 1.165) is 5.56 Å². The molecule has 3 rings (SSSR count). The Morgan fingerprint density at radius 2 is 1.91 bits per heavy atom. The van der Waals surface area contributed by atoms with Crippen LogP contribution in [0.25, 0.3) is 6.08 Å². The summed E-state index contributed by atoms with van der Waals surface area (Å²) in [5.74, 6) is 0.300. The third-order valence-corrected chi connectivity index (χ3v) is 3.32. The first kappa shape index (κ1) is 14.4. The molecule has 2 aromatic carbocycles. The second-order valence-electron chi connectivity index (χ2n) is 4.74. The number of allylic oxidation sites excluding steroid dienone is 1. The normalized spacial score (nSPS) is 14.6. The predicted octanol–water partition coefficient (Wildman–Crippen LogP) is 3.88. The van der Waals surface area contributed by atoms with Crippen LogP contribution in [0.1, 0.15) is 22.8 Å². The minimum atomic E-state index is -0.429. The van der Waals surface area contributed by atoms with Crippen LogP contribution in [0, 0.1) is 0 Å². The van der Waals surface area contributed by atoms with Gasteiger partial charge < -0.3 is 9.47 Å². The first-order chi connectivity index (χ1) is 10.5. The number of hydrogen-bond acceptors (Lipinski definition) is 4. The SMILES string of the molecule is CC(=O)Oc1ccc2c(c1)OC(=Cc1ccc(Cl)cc1)C2=O. The summed E-state index contributed by atoms with van der Waals surface area (Å²) in [7, 11) is 0. The molecule has 0 atom stereocenters. The molecular weight excluding hydrogens is 304 g/mol. The molecule has 0 saturated carbocycles. The number of ether oxygens (including phenoxy) is 2. The summed E-state index contributed by atoms with van der Waals surface area (Å²) in [6.07, 6.45) is 1.64. The molecule has 0 fully saturated rings. The number of benzene rings is 2. The minimum Gasteiger partial charge on any atom is -0.452 e. The zero-order valence-corrected chi connectivity index (χ0v) is 12.4. The minimum absolute atomic E-state index is 0.209. The van der Waals surface area contributed by atoms with E-state index in [1.165, 1.54) is 13.0 Å². The van der Waals surface area contributed by atoms with Crippen LogP contribution in [-0.4, -0.2) is 11.8 Å². The molecule has 0 bridgehead atoms. The Hall–Kier alpha value is -2.59. The molecular formula is C17H11ClO4. The van der Waals surface area contributed by atoms with Gasteiger partial charge in [-0.05, 0) is 35.9 Å². The summed E-state index contributed by atoms with van der Waals surface area (Å²) in [5.41, 5.74) is 1.25. The predicted molar refractivity (Wildman–Crippen MR) is 82.1 cm³/mol. The van der Waals surface area contributed by atoms with Gasteiger partial charge in [0, 0.05) is 18.0 Å². The van der Waals surface area contributed by atoms with E-state index in [0.29, 0.717) is 22.1 Å². The fourth-order valence-corrected chi connectivity index (χ4v) is 2.23. The molecule has 1 aliphatic rings. The molecule has 0 spiro atoms. The van der Waals surface area contributed by atoms with Crippen molar-refractivity contribution < 1.29 is 19.1 Å². The maximum atomic E-state index is 12.3. The number of hydrogen-bond donors (Lipinski definition) is 0. The van der Waals surface area contributed by atoms with Crippen molar-refractivity contribution in [3.05, 3.63) is 64.4 Å². The second kappa shape index (κ2) is 5.66. The van der Waals surface area contributed by atoms with Crippen LogP contribution in [0.2, 0.25) is 5.02 Å². The van der Waals surface area contributed by atoms with Crippen molar-refractivity contribution in [1.82, 2.24) is 0 Å². The van der Waals surface area contributed by atoms with E-state index < -0.39 is 5.97 Å². The Morgan fingerprint density at radius 1 is 1.18 bits per heavy atom. The number of carbonyl (C=O) groups excluding carboxylic acids is 2. The quantitative estimate of drug-likeness (QED) is 0.479. The number of carbonyl (C=O) groups is 2. The maximum Gasteiger partial charge on any atom is 0.308 e. The Balaban J connectivity index is 1.90. The number of Topliss-reactive ketones (excluding diaryl/α,β-unsaturated/α-hetero) is 1. The lowest BCUT2D eigenvalue weighted by Gasteiger charge is -2.02. The lowest BCUT2D eigenvalue weighted by atomic mass is 10.1. The van der Waals surface area contributed by atoms with Crippen molar-refractivity contribution in [3.63, 3.8) is 0 Å². The third kappa shape index (κ3) is 2.87. The summed E-state index contributed by atoms with van der Waals surface area (Å²) in [6.45, 7) is 1.31. The van der Waals surface area contributed by atoms with Crippen LogP contribution >= 0.6 is 11.6 Å². The van der Waals surface area contributed by atoms with Crippen molar-refractivity contribution >= 4 is 29.4 Å². The number of esters is 1. The monoisotopic (exact) mass is 314 g/mol. The van der Waals surface area contributed by atoms with E-state index in [4.69, 9.17) is 21.1 Å². The Morgan fingerprint density at radius 3 is 2.59 bits per heavy atom. The van der Waals surface area contributed by atoms with Gasteiger partial charge in [0.1, 0.15) is 11.5 Å². The zero-order chi connectivity index (χ0) is 15.7. The van der Waals surface area contributed by atoms with Crippen LogP contribution in [0.4, 0.5) is 0 Å². The van der Waals surface area contributed by atoms with Crippen LogP contribution in [0.15, 0.2) is 48.2 Å². The molecule has 2 aromatic rings. The van der Waals surface area contributed by atoms with Crippen molar-refractivity contribution in [2.24, 2.45) is 0 Å². The Kier molecular flexibility index (Phi) is 3.69. The lowest BCUT2D eigenvalue weighted by Crippen LogP contribution is -2.01. The fourth-order valence-electron chi connectivity index (χ4n) is 2.11. The van der Waals surface area contributed by atoms with Gasteiger partial charge in [-0.3, -0.25) is 9.59 Å². The number of ketones is 1. The lowest BCUT2D eigenvalue weighted by molar-refractivity contribution is -0.131. The van der Waals surface area contributed by atoms with E-state index in [1.54, 1.807) is 42.5 Å². The molecule has 0 amide bonds. The van der Waals surface area contributed by atoms with Gasteiger partial charge in [0.05, 0.1) is 5.56 Å². The molecule has 0 unspecified atom stereocenters. The van der Waals surface area contributed by atoms with Crippen LogP contribution < -0.4 is 9.47 Å². The highest BCUT2D eigenvalue weighted by Crippen LogP contribution is 2.34. The molecule has 0 aromatic heterocycles. The molecule has 22 heavy (non-hydrogen) atoms. The van der Waals surface area contributed by atoms with Gasteiger partial charge in [-0.25, -0.2) is 0 Å². The van der Waals surface area contributed by atoms with Gasteiger partial charge >= 0.3 is 5.97 Å². The van der Waals surface area contributed by atoms with Crippen molar-refractivity contribution in [2.75, 3.05) is 0 Å². The molecule has 0 N–H and O–H groups in total. The van der Waals surface area contributed by atoms with Crippen LogP contribution in [-0.2, 0) is 4.79 Å². The van der Waals surface area contributed by atoms with E-state index in [9.17, 15) is 9.59 Å². The van der Waals surface area contributed by atoms with Gasteiger partial charge in [-0.2, -0.15) is 0 Å². The largest absolute Gasteiger partial charge is 0.452 e. The average molecular weight is 315 g/mol. The summed E-state index contributed by atoms with van der Waals surface area (Å²) in [5, 5.41) is 0.620. The molecule has 110 valence electrons. The van der Waals surface area contributed by atoms with E-state index >= 15 is 0 Å². The Bertz CT molecular complexity index is 791. The number of fused-ring (bicyclic) bond motifs is 1. The van der Waals surface area contributed by atoms with Crippen molar-refractivity contribution in [3.8, 4) is 11.5 Å².